The number of nitrogens with zero attached hydrogens (tertiary/aromatic N) is 2. The van der Waals surface area contributed by atoms with Gasteiger partial charge in [-0.1, -0.05) is 13.8 Å². The summed E-state index contributed by atoms with van der Waals surface area (Å²) >= 11 is 0. The van der Waals surface area contributed by atoms with Gasteiger partial charge in [0.25, 0.3) is 0 Å². The van der Waals surface area contributed by atoms with Crippen molar-refractivity contribution in [2.24, 2.45) is 34.5 Å². The van der Waals surface area contributed by atoms with Crippen LogP contribution in [0.25, 0.3) is 0 Å². The number of carbonyl (C=O) groups excluding carboxylic acids is 2. The highest BCUT2D eigenvalue weighted by molar-refractivity contribution is 5.66. The van der Waals surface area contributed by atoms with Gasteiger partial charge in [-0.3, -0.25) is 14.5 Å². The molecule has 0 aromatic carbocycles. The van der Waals surface area contributed by atoms with E-state index >= 15 is 0 Å². The van der Waals surface area contributed by atoms with Gasteiger partial charge in [-0.15, -0.1) is 0 Å². The van der Waals surface area contributed by atoms with Gasteiger partial charge in [0.15, 0.2) is 11.9 Å². The highest BCUT2D eigenvalue weighted by atomic mass is 16.7. The lowest BCUT2D eigenvalue weighted by atomic mass is 9.44. The zero-order valence-corrected chi connectivity index (χ0v) is 27.5. The highest BCUT2D eigenvalue weighted by Gasteiger charge is 2.67. The van der Waals surface area contributed by atoms with E-state index in [2.05, 4.69) is 25.8 Å². The second-order valence-electron chi connectivity index (χ2n) is 16.5. The van der Waals surface area contributed by atoms with Crippen LogP contribution in [0.5, 0.6) is 0 Å². The molecule has 0 aromatic rings. The first kappa shape index (κ1) is 30.4. The van der Waals surface area contributed by atoms with Gasteiger partial charge in [0.2, 0.25) is 0 Å². The van der Waals surface area contributed by atoms with Crippen molar-refractivity contribution in [3.8, 4) is 0 Å². The second kappa shape index (κ2) is 10.9. The van der Waals surface area contributed by atoms with Crippen LogP contribution in [0.3, 0.4) is 0 Å². The quantitative estimate of drug-likeness (QED) is 0.334. The Kier molecular flexibility index (Phi) is 7.75. The summed E-state index contributed by atoms with van der Waals surface area (Å²) in [6, 6.07) is 0.661. The van der Waals surface area contributed by atoms with Crippen molar-refractivity contribution in [1.82, 2.24) is 4.90 Å². The number of hydrogen-bond donors (Lipinski definition) is 0. The molecule has 242 valence electrons. The maximum absolute atomic E-state index is 12.5. The van der Waals surface area contributed by atoms with Gasteiger partial charge in [0.1, 0.15) is 12.1 Å². The molecule has 3 aliphatic heterocycles. The maximum atomic E-state index is 12.5. The van der Waals surface area contributed by atoms with Crippen molar-refractivity contribution in [2.75, 3.05) is 46.4 Å². The smallest absolute Gasteiger partial charge is 0.303 e. The van der Waals surface area contributed by atoms with Crippen LogP contribution in [-0.2, 0) is 28.5 Å². The van der Waals surface area contributed by atoms with Gasteiger partial charge in [-0.2, -0.15) is 0 Å². The summed E-state index contributed by atoms with van der Waals surface area (Å²) in [4.78, 5) is 27.4. The standard InChI is InChI=1S/C35H57N2O6/c1-23(38)42-31-20-25-8-9-26-27(34(25,4)22-29(31)36-14-12-35(13-15-36)40-18-19-41-35)10-11-33(3)28(26)21-30(32(33)43-24(2)39)37(5)16-6-7-17-37/h25-32H,6-22H2,1-5H3/q+1/t25?,26-,27-,28+,29?,30?,31?,32?,33+,34+/m1/s1. The van der Waals surface area contributed by atoms with Crippen molar-refractivity contribution in [1.29, 1.82) is 0 Å². The summed E-state index contributed by atoms with van der Waals surface area (Å²) in [7, 11) is 2.44. The Bertz CT molecular complexity index is 1080. The van der Waals surface area contributed by atoms with E-state index in [1.807, 2.05) is 0 Å². The fraction of sp³-hybridized carbons (Fsp3) is 0.943. The summed E-state index contributed by atoms with van der Waals surface area (Å²) in [6.45, 7) is 14.0. The lowest BCUT2D eigenvalue weighted by Crippen LogP contribution is -2.62. The van der Waals surface area contributed by atoms with Crippen LogP contribution >= 0.6 is 0 Å². The van der Waals surface area contributed by atoms with Crippen molar-refractivity contribution in [3.63, 3.8) is 0 Å². The molecular weight excluding hydrogens is 544 g/mol. The molecule has 10 atom stereocenters. The average Bonchev–Trinajstić information content (AvgIpc) is 3.67. The van der Waals surface area contributed by atoms with Crippen molar-refractivity contribution >= 4 is 11.9 Å². The Balaban J connectivity index is 1.15. The third-order valence-corrected chi connectivity index (χ3v) is 14.4. The Morgan fingerprint density at radius 3 is 2.16 bits per heavy atom. The Morgan fingerprint density at radius 2 is 1.51 bits per heavy atom. The number of rotatable bonds is 4. The normalized spacial score (nSPS) is 47.0. The Morgan fingerprint density at radius 1 is 0.837 bits per heavy atom. The third-order valence-electron chi connectivity index (χ3n) is 14.4. The van der Waals surface area contributed by atoms with Crippen LogP contribution < -0.4 is 0 Å². The Hall–Kier alpha value is -1.22. The fourth-order valence-electron chi connectivity index (χ4n) is 12.3. The van der Waals surface area contributed by atoms with Crippen molar-refractivity contribution in [2.45, 2.75) is 128 Å². The number of esters is 2. The third kappa shape index (κ3) is 5.00. The average molecular weight is 602 g/mol. The van der Waals surface area contributed by atoms with Crippen LogP contribution in [0.4, 0.5) is 0 Å². The van der Waals surface area contributed by atoms with Gasteiger partial charge in [-0.25, -0.2) is 0 Å². The maximum Gasteiger partial charge on any atom is 0.303 e. The predicted molar refractivity (Wildman–Crippen MR) is 162 cm³/mol. The van der Waals surface area contributed by atoms with E-state index in [0.717, 1.165) is 49.7 Å². The zero-order chi connectivity index (χ0) is 30.2. The van der Waals surface area contributed by atoms with Crippen LogP contribution in [0, 0.1) is 34.5 Å². The molecule has 7 aliphatic rings. The van der Waals surface area contributed by atoms with Gasteiger partial charge < -0.3 is 23.4 Å². The zero-order valence-electron chi connectivity index (χ0n) is 27.5. The molecule has 4 saturated carbocycles. The van der Waals surface area contributed by atoms with E-state index in [0.29, 0.717) is 42.9 Å². The molecule has 43 heavy (non-hydrogen) atoms. The van der Waals surface area contributed by atoms with Crippen LogP contribution in [-0.4, -0.2) is 97.8 Å². The van der Waals surface area contributed by atoms with E-state index in [1.165, 1.54) is 51.6 Å². The molecule has 8 nitrogen and oxygen atoms in total. The Labute approximate surface area is 259 Å². The van der Waals surface area contributed by atoms with Crippen LogP contribution in [0.1, 0.15) is 98.3 Å². The minimum absolute atomic E-state index is 0.0257. The van der Waals surface area contributed by atoms with Crippen molar-refractivity contribution < 1.29 is 33.0 Å². The number of likely N-dealkylation sites (N-methyl/N-ethyl adjacent to an activating group) is 1. The molecule has 1 spiro atoms. The first-order valence-electron chi connectivity index (χ1n) is 17.7. The molecule has 0 bridgehead atoms. The van der Waals surface area contributed by atoms with Gasteiger partial charge in [0, 0.05) is 70.5 Å². The summed E-state index contributed by atoms with van der Waals surface area (Å²) in [5, 5.41) is 0. The minimum Gasteiger partial charge on any atom is -0.461 e. The van der Waals surface area contributed by atoms with E-state index in [4.69, 9.17) is 18.9 Å². The summed E-state index contributed by atoms with van der Waals surface area (Å²) in [5.41, 5.74) is 0.281. The molecule has 3 saturated heterocycles. The second-order valence-corrected chi connectivity index (χ2v) is 16.5. The number of likely N-dealkylation sites (tertiary alicyclic amines) is 2. The summed E-state index contributed by atoms with van der Waals surface area (Å²) in [5.74, 6) is 1.87. The predicted octanol–water partition coefficient (Wildman–Crippen LogP) is 4.93. The van der Waals surface area contributed by atoms with Crippen LogP contribution in [0.15, 0.2) is 0 Å². The van der Waals surface area contributed by atoms with Gasteiger partial charge in [0.05, 0.1) is 33.4 Å². The minimum atomic E-state index is -0.399. The number of fused-ring (bicyclic) bond motifs is 5. The molecule has 0 N–H and O–H groups in total. The number of ether oxygens (including phenoxy) is 4. The molecule has 7 rings (SSSR count). The molecule has 5 unspecified atom stereocenters. The number of piperidine rings is 1. The monoisotopic (exact) mass is 601 g/mol. The topological polar surface area (TPSA) is 74.3 Å². The van der Waals surface area contributed by atoms with Gasteiger partial charge >= 0.3 is 11.9 Å². The lowest BCUT2D eigenvalue weighted by molar-refractivity contribution is -0.924. The number of quaternary nitrogens is 1. The lowest BCUT2D eigenvalue weighted by Gasteiger charge is -2.62. The molecule has 7 fully saturated rings. The molecule has 3 heterocycles. The van der Waals surface area contributed by atoms with E-state index in [1.54, 1.807) is 13.8 Å². The van der Waals surface area contributed by atoms with Crippen LogP contribution in [0.2, 0.25) is 0 Å². The molecule has 4 aliphatic carbocycles. The van der Waals surface area contributed by atoms with E-state index in [-0.39, 0.29) is 41.0 Å². The molecule has 0 aromatic heterocycles. The largest absolute Gasteiger partial charge is 0.461 e. The fourth-order valence-corrected chi connectivity index (χ4v) is 12.3. The molecule has 0 amide bonds. The first-order valence-corrected chi connectivity index (χ1v) is 17.7. The van der Waals surface area contributed by atoms with E-state index < -0.39 is 5.79 Å². The first-order chi connectivity index (χ1) is 20.5. The molecule has 8 heteroatoms. The summed E-state index contributed by atoms with van der Waals surface area (Å²) < 4.78 is 25.7. The summed E-state index contributed by atoms with van der Waals surface area (Å²) in [6.07, 6.45) is 12.4. The highest BCUT2D eigenvalue weighted by Crippen LogP contribution is 2.68. The van der Waals surface area contributed by atoms with Crippen molar-refractivity contribution in [3.05, 3.63) is 0 Å². The van der Waals surface area contributed by atoms with Gasteiger partial charge in [-0.05, 0) is 67.6 Å². The number of hydrogen-bond acceptors (Lipinski definition) is 7. The SMILES string of the molecule is CC(=O)OC1CC2CC[C@@H]3[C@@H](CC[C@]4(C)C(OC(C)=O)C([N+]5(C)CCCC5)C[C@@H]34)[C@@]2(C)CC1N1CCC2(CC1)OCCO2. The molecular formula is C35H57N2O6+. The van der Waals surface area contributed by atoms with E-state index in [9.17, 15) is 9.59 Å². The molecule has 0 radical (unpaired) electrons. The number of carbonyl (C=O) groups is 2.